The van der Waals surface area contributed by atoms with Gasteiger partial charge in [-0.05, 0) is 37.8 Å². The van der Waals surface area contributed by atoms with Crippen LogP contribution in [0, 0.1) is 5.82 Å². The van der Waals surface area contributed by atoms with Crippen molar-refractivity contribution in [3.8, 4) is 0 Å². The lowest BCUT2D eigenvalue weighted by molar-refractivity contribution is 0.403. The summed E-state index contributed by atoms with van der Waals surface area (Å²) in [6.45, 7) is 2.16. The molecule has 0 heterocycles. The van der Waals surface area contributed by atoms with E-state index < -0.39 is 0 Å². The maximum absolute atomic E-state index is 13.6. The fraction of sp³-hybridized carbons (Fsp3) is 0.625. The lowest BCUT2D eigenvalue weighted by Crippen LogP contribution is -2.37. The Morgan fingerprint density at radius 2 is 1.83 bits per heavy atom. The van der Waals surface area contributed by atoms with Gasteiger partial charge in [0.05, 0.1) is 0 Å². The van der Waals surface area contributed by atoms with Crippen LogP contribution in [0.5, 0.6) is 0 Å². The minimum absolute atomic E-state index is 0.0768. The third-order valence-corrected chi connectivity index (χ3v) is 3.86. The third-order valence-electron chi connectivity index (χ3n) is 3.86. The van der Waals surface area contributed by atoms with Crippen molar-refractivity contribution >= 4 is 0 Å². The molecule has 1 fully saturated rings. The molecule has 0 radical (unpaired) electrons. The summed E-state index contributed by atoms with van der Waals surface area (Å²) >= 11 is 0. The van der Waals surface area contributed by atoms with E-state index in [-0.39, 0.29) is 5.82 Å². The summed E-state index contributed by atoms with van der Waals surface area (Å²) < 4.78 is 13.6. The molecule has 0 aromatic heterocycles. The van der Waals surface area contributed by atoms with Gasteiger partial charge in [0.2, 0.25) is 0 Å². The number of hydrogen-bond acceptors (Lipinski definition) is 1. The van der Waals surface area contributed by atoms with Crippen molar-refractivity contribution in [3.63, 3.8) is 0 Å². The average molecular weight is 249 g/mol. The summed E-state index contributed by atoms with van der Waals surface area (Å²) in [5, 5.41) is 3.67. The first-order chi connectivity index (χ1) is 8.75. The Labute approximate surface area is 110 Å². The monoisotopic (exact) mass is 249 g/mol. The Morgan fingerprint density at radius 1 is 1.17 bits per heavy atom. The van der Waals surface area contributed by atoms with E-state index >= 15 is 0 Å². The van der Waals surface area contributed by atoms with Crippen LogP contribution in [0.3, 0.4) is 0 Å². The summed E-state index contributed by atoms with van der Waals surface area (Å²) in [6.07, 6.45) is 8.76. The molecule has 1 aromatic rings. The van der Waals surface area contributed by atoms with E-state index in [1.165, 1.54) is 38.5 Å². The summed E-state index contributed by atoms with van der Waals surface area (Å²) in [5.74, 6) is -0.0768. The van der Waals surface area contributed by atoms with Crippen molar-refractivity contribution in [2.24, 2.45) is 0 Å². The van der Waals surface area contributed by atoms with Gasteiger partial charge in [0.1, 0.15) is 5.82 Å². The van der Waals surface area contributed by atoms with E-state index in [4.69, 9.17) is 0 Å². The molecule has 100 valence electrons. The molecule has 1 unspecified atom stereocenters. The maximum atomic E-state index is 13.6. The van der Waals surface area contributed by atoms with Crippen LogP contribution in [-0.2, 0) is 6.42 Å². The molecule has 1 nitrogen and oxygen atoms in total. The van der Waals surface area contributed by atoms with Crippen molar-refractivity contribution in [2.75, 3.05) is 0 Å². The van der Waals surface area contributed by atoms with Crippen LogP contribution >= 0.6 is 0 Å². The largest absolute Gasteiger partial charge is 0.311 e. The van der Waals surface area contributed by atoms with Gasteiger partial charge in [-0.25, -0.2) is 4.39 Å². The molecule has 1 aliphatic rings. The number of benzene rings is 1. The molecule has 1 aromatic carbocycles. The molecule has 1 N–H and O–H groups in total. The molecule has 2 rings (SSSR count). The standard InChI is InChI=1S/C16H24FN/c1-13(12-14-8-6-7-11-16(14)17)18-15-9-4-2-3-5-10-15/h6-8,11,13,15,18H,2-5,9-10,12H2,1H3. The topological polar surface area (TPSA) is 12.0 Å². The Morgan fingerprint density at radius 3 is 2.50 bits per heavy atom. The molecule has 18 heavy (non-hydrogen) atoms. The fourth-order valence-electron chi connectivity index (χ4n) is 2.90. The highest BCUT2D eigenvalue weighted by Gasteiger charge is 2.15. The number of rotatable bonds is 4. The van der Waals surface area contributed by atoms with Crippen molar-refractivity contribution in [2.45, 2.75) is 64.0 Å². The van der Waals surface area contributed by atoms with Crippen LogP contribution in [-0.4, -0.2) is 12.1 Å². The maximum Gasteiger partial charge on any atom is 0.126 e. The molecule has 0 aliphatic heterocycles. The number of halogens is 1. The Balaban J connectivity index is 1.84. The first-order valence-electron chi connectivity index (χ1n) is 7.25. The van der Waals surface area contributed by atoms with Gasteiger partial charge in [-0.3, -0.25) is 0 Å². The van der Waals surface area contributed by atoms with E-state index in [0.29, 0.717) is 12.1 Å². The van der Waals surface area contributed by atoms with E-state index in [1.807, 2.05) is 12.1 Å². The second-order valence-electron chi connectivity index (χ2n) is 5.55. The second-order valence-corrected chi connectivity index (χ2v) is 5.55. The van der Waals surface area contributed by atoms with Crippen molar-refractivity contribution in [1.82, 2.24) is 5.32 Å². The average Bonchev–Trinajstić information content (AvgIpc) is 2.61. The van der Waals surface area contributed by atoms with Crippen LogP contribution in [0.25, 0.3) is 0 Å². The second kappa shape index (κ2) is 6.89. The van der Waals surface area contributed by atoms with Crippen LogP contribution in [0.4, 0.5) is 4.39 Å². The summed E-state index contributed by atoms with van der Waals surface area (Å²) in [7, 11) is 0. The number of hydrogen-bond donors (Lipinski definition) is 1. The molecule has 0 saturated heterocycles. The predicted molar refractivity (Wildman–Crippen MR) is 74.2 cm³/mol. The van der Waals surface area contributed by atoms with E-state index in [0.717, 1.165) is 12.0 Å². The van der Waals surface area contributed by atoms with Gasteiger partial charge in [-0.2, -0.15) is 0 Å². The molecule has 2 heteroatoms. The number of nitrogens with one attached hydrogen (secondary N) is 1. The highest BCUT2D eigenvalue weighted by atomic mass is 19.1. The summed E-state index contributed by atoms with van der Waals surface area (Å²) in [5.41, 5.74) is 0.825. The van der Waals surface area contributed by atoms with Gasteiger partial charge in [-0.1, -0.05) is 43.9 Å². The molecule has 0 spiro atoms. The minimum Gasteiger partial charge on any atom is -0.311 e. The molecular formula is C16H24FN. The van der Waals surface area contributed by atoms with Crippen LogP contribution < -0.4 is 5.32 Å². The molecule has 1 atom stereocenters. The highest BCUT2D eigenvalue weighted by molar-refractivity contribution is 5.18. The van der Waals surface area contributed by atoms with Gasteiger partial charge in [0.25, 0.3) is 0 Å². The SMILES string of the molecule is CC(Cc1ccccc1F)NC1CCCCCC1. The third kappa shape index (κ3) is 4.09. The predicted octanol–water partition coefficient (Wildman–Crippen LogP) is 4.07. The van der Waals surface area contributed by atoms with Gasteiger partial charge >= 0.3 is 0 Å². The van der Waals surface area contributed by atoms with Crippen molar-refractivity contribution in [1.29, 1.82) is 0 Å². The quantitative estimate of drug-likeness (QED) is 0.793. The molecule has 1 saturated carbocycles. The normalized spacial score (nSPS) is 19.4. The Bertz CT molecular complexity index is 356. The van der Waals surface area contributed by atoms with E-state index in [1.54, 1.807) is 12.1 Å². The highest BCUT2D eigenvalue weighted by Crippen LogP contribution is 2.18. The summed E-state index contributed by atoms with van der Waals surface area (Å²) in [4.78, 5) is 0. The van der Waals surface area contributed by atoms with Gasteiger partial charge in [0.15, 0.2) is 0 Å². The van der Waals surface area contributed by atoms with E-state index in [9.17, 15) is 4.39 Å². The fourth-order valence-corrected chi connectivity index (χ4v) is 2.90. The minimum atomic E-state index is -0.0768. The van der Waals surface area contributed by atoms with Crippen LogP contribution in [0.1, 0.15) is 51.0 Å². The zero-order valence-corrected chi connectivity index (χ0v) is 11.3. The van der Waals surface area contributed by atoms with E-state index in [2.05, 4.69) is 12.2 Å². The summed E-state index contributed by atoms with van der Waals surface area (Å²) in [6, 6.07) is 8.09. The van der Waals surface area contributed by atoms with Crippen LogP contribution in [0.15, 0.2) is 24.3 Å². The lowest BCUT2D eigenvalue weighted by Gasteiger charge is -2.22. The molecule has 0 amide bonds. The van der Waals surface area contributed by atoms with Crippen LogP contribution in [0.2, 0.25) is 0 Å². The van der Waals surface area contributed by atoms with Gasteiger partial charge in [0, 0.05) is 12.1 Å². The zero-order valence-electron chi connectivity index (χ0n) is 11.3. The Hall–Kier alpha value is -0.890. The van der Waals surface area contributed by atoms with Gasteiger partial charge in [-0.15, -0.1) is 0 Å². The van der Waals surface area contributed by atoms with Crippen molar-refractivity contribution in [3.05, 3.63) is 35.6 Å². The van der Waals surface area contributed by atoms with Gasteiger partial charge < -0.3 is 5.32 Å². The molecule has 1 aliphatic carbocycles. The zero-order chi connectivity index (χ0) is 12.8. The first kappa shape index (κ1) is 13.5. The lowest BCUT2D eigenvalue weighted by atomic mass is 10.0. The van der Waals surface area contributed by atoms with Crippen molar-refractivity contribution < 1.29 is 4.39 Å². The first-order valence-corrected chi connectivity index (χ1v) is 7.25. The molecule has 0 bridgehead atoms. The Kier molecular flexibility index (Phi) is 5.18. The molecular weight excluding hydrogens is 225 g/mol. The smallest absolute Gasteiger partial charge is 0.126 e.